The van der Waals surface area contributed by atoms with Gasteiger partial charge in [-0.05, 0) is 32.1 Å². The predicted octanol–water partition coefficient (Wildman–Crippen LogP) is 4.63. The highest BCUT2D eigenvalue weighted by atomic mass is 16.6. The third kappa shape index (κ3) is 23.1. The highest BCUT2D eigenvalue weighted by Crippen LogP contribution is 2.09. The lowest BCUT2D eigenvalue weighted by atomic mass is 10.1. The number of carbonyl (C=O) groups excluding carboxylic acids is 2. The summed E-state index contributed by atoms with van der Waals surface area (Å²) in [5.74, 6) is -0.949. The average molecular weight is 551 g/mol. The van der Waals surface area contributed by atoms with Gasteiger partial charge in [0.05, 0.1) is 24.9 Å². The quantitative estimate of drug-likeness (QED) is 0.0626. The third-order valence-electron chi connectivity index (χ3n) is 5.67. The molecule has 0 heterocycles. The molecule has 0 aromatic heterocycles. The summed E-state index contributed by atoms with van der Waals surface area (Å²) in [6.45, 7) is 3.50. The number of esters is 2. The average Bonchev–Trinajstić information content (AvgIpc) is 2.92. The first kappa shape index (κ1) is 36.5. The maximum atomic E-state index is 11.9. The molecule has 0 spiro atoms. The van der Waals surface area contributed by atoms with Crippen molar-refractivity contribution in [3.05, 3.63) is 60.8 Å². The lowest BCUT2D eigenvalue weighted by Crippen LogP contribution is -2.28. The molecule has 8 nitrogen and oxygen atoms in total. The van der Waals surface area contributed by atoms with Gasteiger partial charge in [-0.25, -0.2) is 0 Å². The molecule has 0 aliphatic carbocycles. The van der Waals surface area contributed by atoms with Gasteiger partial charge in [0.2, 0.25) is 0 Å². The van der Waals surface area contributed by atoms with Crippen molar-refractivity contribution in [1.29, 1.82) is 0 Å². The van der Waals surface area contributed by atoms with Crippen molar-refractivity contribution in [1.82, 2.24) is 0 Å². The van der Waals surface area contributed by atoms with Crippen molar-refractivity contribution in [3.8, 4) is 0 Å². The Kier molecular flexibility index (Phi) is 24.1. The highest BCUT2D eigenvalue weighted by Gasteiger charge is 2.17. The number of ether oxygens (including phenoxy) is 2. The molecular formula is C31H50O8. The monoisotopic (exact) mass is 550 g/mol. The number of carbonyl (C=O) groups is 2. The Morgan fingerprint density at radius 2 is 1.41 bits per heavy atom. The summed E-state index contributed by atoms with van der Waals surface area (Å²) in [4.78, 5) is 23.8. The van der Waals surface area contributed by atoms with Crippen LogP contribution in [0.25, 0.3) is 0 Å². The summed E-state index contributed by atoms with van der Waals surface area (Å²) in [6.07, 6.45) is 21.3. The van der Waals surface area contributed by atoms with E-state index in [0.717, 1.165) is 38.5 Å². The second-order valence-corrected chi connectivity index (χ2v) is 9.31. The van der Waals surface area contributed by atoms with E-state index < -0.39 is 43.0 Å². The van der Waals surface area contributed by atoms with Crippen LogP contribution < -0.4 is 0 Å². The Morgan fingerprint density at radius 1 is 0.769 bits per heavy atom. The predicted molar refractivity (Wildman–Crippen MR) is 154 cm³/mol. The highest BCUT2D eigenvalue weighted by molar-refractivity contribution is 5.70. The van der Waals surface area contributed by atoms with Crippen LogP contribution in [0.4, 0.5) is 0 Å². The lowest BCUT2D eigenvalue weighted by molar-refractivity contribution is -0.161. The first-order chi connectivity index (χ1) is 18.8. The van der Waals surface area contributed by atoms with Gasteiger partial charge in [0.15, 0.2) is 6.10 Å². The summed E-state index contributed by atoms with van der Waals surface area (Å²) < 4.78 is 10.2. The van der Waals surface area contributed by atoms with Gasteiger partial charge in [0.25, 0.3) is 0 Å². The van der Waals surface area contributed by atoms with Gasteiger partial charge in [-0.15, -0.1) is 0 Å². The van der Waals surface area contributed by atoms with Crippen molar-refractivity contribution in [2.24, 2.45) is 0 Å². The van der Waals surface area contributed by atoms with E-state index >= 15 is 0 Å². The van der Waals surface area contributed by atoms with Crippen LogP contribution in [0.2, 0.25) is 0 Å². The Bertz CT molecular complexity index is 769. The number of hydrogen-bond donors (Lipinski definition) is 4. The molecule has 0 aromatic carbocycles. The molecule has 0 rings (SSSR count). The van der Waals surface area contributed by atoms with Crippen LogP contribution in [-0.2, 0) is 19.1 Å². The Morgan fingerprint density at radius 3 is 2.08 bits per heavy atom. The number of aliphatic hydroxyl groups excluding tert-OH is 4. The van der Waals surface area contributed by atoms with Crippen LogP contribution in [0.3, 0.4) is 0 Å². The van der Waals surface area contributed by atoms with E-state index in [2.05, 4.69) is 6.92 Å². The summed E-state index contributed by atoms with van der Waals surface area (Å²) >= 11 is 0. The zero-order chi connectivity index (χ0) is 29.1. The molecule has 0 unspecified atom stereocenters. The van der Waals surface area contributed by atoms with E-state index in [9.17, 15) is 30.0 Å². The van der Waals surface area contributed by atoms with E-state index in [1.165, 1.54) is 6.08 Å². The SMILES string of the molecule is CC/C=C\C[C@@H](O)/C=C/C=C/C=C\C=C/[C@H](O)[C@@H](O)CCCC(=O)OC[C@H](CO)OC(=O)CCCCCCC. The minimum Gasteiger partial charge on any atom is -0.462 e. The van der Waals surface area contributed by atoms with Gasteiger partial charge < -0.3 is 29.9 Å². The fraction of sp³-hybridized carbons (Fsp3) is 0.613. The van der Waals surface area contributed by atoms with Gasteiger partial charge in [0.1, 0.15) is 6.61 Å². The second-order valence-electron chi connectivity index (χ2n) is 9.31. The number of rotatable bonds is 23. The molecule has 0 radical (unpaired) electrons. The second kappa shape index (κ2) is 25.7. The molecule has 0 fully saturated rings. The van der Waals surface area contributed by atoms with Crippen LogP contribution in [0.1, 0.15) is 84.5 Å². The maximum Gasteiger partial charge on any atom is 0.306 e. The molecule has 0 aliphatic rings. The fourth-order valence-electron chi connectivity index (χ4n) is 3.36. The summed E-state index contributed by atoms with van der Waals surface area (Å²) in [6, 6.07) is 0. The van der Waals surface area contributed by atoms with E-state index in [1.807, 2.05) is 19.1 Å². The topological polar surface area (TPSA) is 134 Å². The van der Waals surface area contributed by atoms with E-state index in [-0.39, 0.29) is 25.9 Å². The van der Waals surface area contributed by atoms with Crippen LogP contribution in [0.5, 0.6) is 0 Å². The Balaban J connectivity index is 4.12. The van der Waals surface area contributed by atoms with Crippen LogP contribution in [0.15, 0.2) is 60.8 Å². The van der Waals surface area contributed by atoms with Gasteiger partial charge in [-0.1, -0.05) is 100 Å². The molecular weight excluding hydrogens is 500 g/mol. The number of aliphatic hydroxyl groups is 4. The zero-order valence-electron chi connectivity index (χ0n) is 23.7. The molecule has 0 bridgehead atoms. The van der Waals surface area contributed by atoms with E-state index in [4.69, 9.17) is 9.47 Å². The molecule has 0 aliphatic heterocycles. The first-order valence-corrected chi connectivity index (χ1v) is 14.2. The normalized spacial score (nSPS) is 15.5. The van der Waals surface area contributed by atoms with Gasteiger partial charge >= 0.3 is 11.9 Å². The molecule has 0 saturated heterocycles. The number of allylic oxidation sites excluding steroid dienone is 7. The molecule has 222 valence electrons. The van der Waals surface area contributed by atoms with Crippen LogP contribution >= 0.6 is 0 Å². The third-order valence-corrected chi connectivity index (χ3v) is 5.67. The lowest BCUT2D eigenvalue weighted by Gasteiger charge is -2.16. The van der Waals surface area contributed by atoms with Crippen molar-refractivity contribution in [3.63, 3.8) is 0 Å². The maximum absolute atomic E-state index is 11.9. The summed E-state index contributed by atoms with van der Waals surface area (Å²) in [5.41, 5.74) is 0. The molecule has 4 N–H and O–H groups in total. The molecule has 39 heavy (non-hydrogen) atoms. The van der Waals surface area contributed by atoms with Crippen LogP contribution in [0, 0.1) is 0 Å². The molecule has 0 amide bonds. The number of hydrogen-bond acceptors (Lipinski definition) is 8. The summed E-state index contributed by atoms with van der Waals surface area (Å²) in [7, 11) is 0. The summed E-state index contributed by atoms with van der Waals surface area (Å²) in [5, 5.41) is 39.3. The molecule has 8 heteroatoms. The molecule has 0 aromatic rings. The van der Waals surface area contributed by atoms with Crippen molar-refractivity contribution < 1.29 is 39.5 Å². The van der Waals surface area contributed by atoms with E-state index in [0.29, 0.717) is 12.8 Å². The Labute approximate surface area is 234 Å². The minimum atomic E-state index is -1.08. The van der Waals surface area contributed by atoms with Gasteiger partial charge in [-0.3, -0.25) is 9.59 Å². The minimum absolute atomic E-state index is 0.0266. The van der Waals surface area contributed by atoms with Crippen LogP contribution in [-0.4, -0.2) is 70.0 Å². The Hall–Kier alpha value is -2.52. The molecule has 4 atom stereocenters. The van der Waals surface area contributed by atoms with Gasteiger partial charge in [0, 0.05) is 12.8 Å². The standard InChI is InChI=1S/C31H50O8/c1-3-5-7-10-16-22-31(37)39-27(24-32)25-38-30(36)23-17-21-29(35)28(34)20-15-12-9-8-11-14-19-26(33)18-13-6-4-2/h6,8-9,11-15,19-20,26-29,32-35H,3-5,7,10,16-18,21-25H2,1-2H3/b11-8+,12-9-,13-6-,19-14+,20-15-/t26-,27+,28+,29+/m1/s1. The smallest absolute Gasteiger partial charge is 0.306 e. The largest absolute Gasteiger partial charge is 0.462 e. The zero-order valence-corrected chi connectivity index (χ0v) is 23.7. The first-order valence-electron chi connectivity index (χ1n) is 14.2. The van der Waals surface area contributed by atoms with Crippen molar-refractivity contribution in [2.75, 3.05) is 13.2 Å². The number of unbranched alkanes of at least 4 members (excludes halogenated alkanes) is 4. The fourth-order valence-corrected chi connectivity index (χ4v) is 3.36. The van der Waals surface area contributed by atoms with E-state index in [1.54, 1.807) is 42.5 Å². The van der Waals surface area contributed by atoms with Crippen molar-refractivity contribution in [2.45, 2.75) is 109 Å². The van der Waals surface area contributed by atoms with Crippen molar-refractivity contribution >= 4 is 11.9 Å². The van der Waals surface area contributed by atoms with Gasteiger partial charge in [-0.2, -0.15) is 0 Å². The molecule has 0 saturated carbocycles.